The molecule has 2 aliphatic rings. The Morgan fingerprint density at radius 1 is 1.27 bits per heavy atom. The van der Waals surface area contributed by atoms with Gasteiger partial charge in [0.25, 0.3) is 0 Å². The number of nitrogens with zero attached hydrogens (tertiary/aromatic N) is 4. The Morgan fingerprint density at radius 2 is 2.12 bits per heavy atom. The number of ether oxygens (including phenoxy) is 1. The van der Waals surface area contributed by atoms with Crippen LogP contribution in [0.25, 0.3) is 0 Å². The molecule has 2 aromatic heterocycles. The van der Waals surface area contributed by atoms with E-state index in [9.17, 15) is 14.7 Å². The molecule has 9 nitrogen and oxygen atoms in total. The van der Waals surface area contributed by atoms with Crippen LogP contribution in [-0.4, -0.2) is 76.2 Å². The van der Waals surface area contributed by atoms with Crippen LogP contribution in [-0.2, 0) is 22.4 Å². The largest absolute Gasteiger partial charge is 0.506 e. The lowest BCUT2D eigenvalue weighted by molar-refractivity contribution is -0.145. The minimum Gasteiger partial charge on any atom is -0.506 e. The number of rotatable bonds is 9. The van der Waals surface area contributed by atoms with Crippen molar-refractivity contribution < 1.29 is 19.4 Å². The van der Waals surface area contributed by atoms with Gasteiger partial charge >= 0.3 is 12.0 Å². The van der Waals surface area contributed by atoms with Gasteiger partial charge in [-0.15, -0.1) is 0 Å². The molecule has 0 aromatic carbocycles. The molecule has 2 aliphatic heterocycles. The highest BCUT2D eigenvalue weighted by atomic mass is 16.5. The first-order valence-electron chi connectivity index (χ1n) is 11.6. The van der Waals surface area contributed by atoms with Crippen LogP contribution in [0.3, 0.4) is 0 Å². The molecule has 2 N–H and O–H groups in total. The maximum absolute atomic E-state index is 13.0. The fourth-order valence-corrected chi connectivity index (χ4v) is 4.38. The minimum absolute atomic E-state index is 0.0258. The molecule has 33 heavy (non-hydrogen) atoms. The van der Waals surface area contributed by atoms with E-state index in [2.05, 4.69) is 22.4 Å². The highest BCUT2D eigenvalue weighted by Crippen LogP contribution is 2.24. The molecule has 1 atom stereocenters. The summed E-state index contributed by atoms with van der Waals surface area (Å²) in [5.74, 6) is -0.153. The lowest BCUT2D eigenvalue weighted by atomic mass is 10.0. The summed E-state index contributed by atoms with van der Waals surface area (Å²) in [4.78, 5) is 37.7. The van der Waals surface area contributed by atoms with Gasteiger partial charge in [0.05, 0.1) is 12.8 Å². The summed E-state index contributed by atoms with van der Waals surface area (Å²) in [5.41, 5.74) is 2.84. The Labute approximate surface area is 193 Å². The van der Waals surface area contributed by atoms with Crippen LogP contribution in [0.5, 0.6) is 5.75 Å². The number of aryl methyl sites for hydroxylation is 2. The third-order valence-corrected chi connectivity index (χ3v) is 6.12. The summed E-state index contributed by atoms with van der Waals surface area (Å²) in [7, 11) is 0. The number of anilines is 1. The first-order valence-corrected chi connectivity index (χ1v) is 11.6. The molecule has 0 saturated carbocycles. The van der Waals surface area contributed by atoms with Gasteiger partial charge < -0.3 is 25.0 Å². The van der Waals surface area contributed by atoms with Crippen LogP contribution in [0.2, 0.25) is 0 Å². The van der Waals surface area contributed by atoms with Crippen molar-refractivity contribution in [1.29, 1.82) is 0 Å². The van der Waals surface area contributed by atoms with Gasteiger partial charge in [-0.05, 0) is 55.9 Å². The summed E-state index contributed by atoms with van der Waals surface area (Å²) in [5, 5.41) is 13.1. The molecular formula is C24H31N5O4. The monoisotopic (exact) mass is 453 g/mol. The zero-order valence-electron chi connectivity index (χ0n) is 19.0. The van der Waals surface area contributed by atoms with Crippen LogP contribution in [0.4, 0.5) is 10.6 Å². The molecule has 0 aliphatic carbocycles. The number of urea groups is 1. The molecule has 0 radical (unpaired) electrons. The van der Waals surface area contributed by atoms with Crippen LogP contribution in [0, 0.1) is 0 Å². The number of nitrogens with one attached hydrogen (secondary N) is 1. The zero-order chi connectivity index (χ0) is 23.2. The van der Waals surface area contributed by atoms with Crippen molar-refractivity contribution in [3.8, 4) is 5.75 Å². The Bertz CT molecular complexity index is 999. The van der Waals surface area contributed by atoms with Gasteiger partial charge in [-0.1, -0.05) is 6.07 Å². The number of fused-ring (bicyclic) bond motifs is 1. The summed E-state index contributed by atoms with van der Waals surface area (Å²) >= 11 is 0. The van der Waals surface area contributed by atoms with Crippen molar-refractivity contribution in [3.63, 3.8) is 0 Å². The molecule has 4 heterocycles. The number of pyridine rings is 2. The van der Waals surface area contributed by atoms with E-state index < -0.39 is 11.9 Å². The standard InChI is InChI=1S/C24H31N5O4/c1-2-33-23(31)21(18-13-20(30)15-25-14-18)16-29-12-11-28(24(29)32)10-4-6-19-8-7-17-5-3-9-26-22(17)27-19/h7-8,13-15,21,30H,2-6,9-12,16H2,1H3,(H,26,27)/t21-/m1/s1. The predicted molar refractivity (Wildman–Crippen MR) is 123 cm³/mol. The third kappa shape index (κ3) is 5.53. The van der Waals surface area contributed by atoms with Gasteiger partial charge in [0, 0.05) is 44.6 Å². The van der Waals surface area contributed by atoms with E-state index in [-0.39, 0.29) is 24.9 Å². The summed E-state index contributed by atoms with van der Waals surface area (Å²) in [6.45, 7) is 4.94. The van der Waals surface area contributed by atoms with Gasteiger partial charge in [-0.2, -0.15) is 0 Å². The average Bonchev–Trinajstić information content (AvgIpc) is 3.16. The van der Waals surface area contributed by atoms with Crippen LogP contribution in [0.1, 0.15) is 42.5 Å². The number of hydrogen-bond acceptors (Lipinski definition) is 7. The summed E-state index contributed by atoms with van der Waals surface area (Å²) < 4.78 is 5.21. The number of carbonyl (C=O) groups is 2. The van der Waals surface area contributed by atoms with Gasteiger partial charge in [0.2, 0.25) is 0 Å². The molecule has 1 fully saturated rings. The van der Waals surface area contributed by atoms with Crippen molar-refractivity contribution in [2.24, 2.45) is 0 Å². The molecule has 0 unspecified atom stereocenters. The number of esters is 1. The normalized spacial score (nSPS) is 16.3. The van der Waals surface area contributed by atoms with E-state index in [1.54, 1.807) is 11.8 Å². The van der Waals surface area contributed by atoms with Crippen molar-refractivity contribution in [2.75, 3.05) is 44.6 Å². The Hall–Kier alpha value is -3.36. The number of carbonyl (C=O) groups excluding carboxylic acids is 2. The molecule has 176 valence electrons. The molecule has 0 bridgehead atoms. The van der Waals surface area contributed by atoms with E-state index in [4.69, 9.17) is 9.72 Å². The summed E-state index contributed by atoms with van der Waals surface area (Å²) in [6.07, 6.45) is 6.67. The zero-order valence-corrected chi connectivity index (χ0v) is 19.0. The van der Waals surface area contributed by atoms with Crippen molar-refractivity contribution >= 4 is 17.8 Å². The van der Waals surface area contributed by atoms with E-state index in [1.807, 2.05) is 4.90 Å². The maximum Gasteiger partial charge on any atom is 0.320 e. The topological polar surface area (TPSA) is 108 Å². The van der Waals surface area contributed by atoms with E-state index >= 15 is 0 Å². The molecular weight excluding hydrogens is 422 g/mol. The number of hydrogen-bond donors (Lipinski definition) is 2. The maximum atomic E-state index is 13.0. The highest BCUT2D eigenvalue weighted by Gasteiger charge is 2.33. The van der Waals surface area contributed by atoms with Crippen LogP contribution < -0.4 is 5.32 Å². The molecule has 2 amide bonds. The van der Waals surface area contributed by atoms with Crippen LogP contribution in [0.15, 0.2) is 30.6 Å². The molecule has 0 spiro atoms. The smallest absolute Gasteiger partial charge is 0.320 e. The second-order valence-electron chi connectivity index (χ2n) is 8.44. The Kier molecular flexibility index (Phi) is 7.26. The predicted octanol–water partition coefficient (Wildman–Crippen LogP) is 2.56. The number of aromatic nitrogens is 2. The molecule has 4 rings (SSSR count). The minimum atomic E-state index is -0.694. The van der Waals surface area contributed by atoms with Crippen molar-refractivity contribution in [2.45, 2.75) is 38.5 Å². The lowest BCUT2D eigenvalue weighted by Crippen LogP contribution is -2.37. The van der Waals surface area contributed by atoms with Gasteiger partial charge in [0.15, 0.2) is 0 Å². The van der Waals surface area contributed by atoms with Gasteiger partial charge in [0.1, 0.15) is 17.5 Å². The van der Waals surface area contributed by atoms with E-state index in [1.165, 1.54) is 24.0 Å². The van der Waals surface area contributed by atoms with Crippen molar-refractivity contribution in [1.82, 2.24) is 19.8 Å². The van der Waals surface area contributed by atoms with Gasteiger partial charge in [-0.3, -0.25) is 9.78 Å². The highest BCUT2D eigenvalue weighted by molar-refractivity contribution is 5.81. The third-order valence-electron chi connectivity index (χ3n) is 6.12. The Morgan fingerprint density at radius 3 is 2.94 bits per heavy atom. The Balaban J connectivity index is 1.33. The van der Waals surface area contributed by atoms with E-state index in [0.717, 1.165) is 43.7 Å². The second-order valence-corrected chi connectivity index (χ2v) is 8.44. The first-order chi connectivity index (χ1) is 16.0. The molecule has 1 saturated heterocycles. The van der Waals surface area contributed by atoms with Gasteiger partial charge in [-0.25, -0.2) is 9.78 Å². The lowest BCUT2D eigenvalue weighted by Gasteiger charge is -2.23. The fraction of sp³-hybridized carbons (Fsp3) is 0.500. The average molecular weight is 454 g/mol. The first kappa shape index (κ1) is 22.8. The summed E-state index contributed by atoms with van der Waals surface area (Å²) in [6, 6.07) is 5.64. The fourth-order valence-electron chi connectivity index (χ4n) is 4.38. The number of amides is 2. The second kappa shape index (κ2) is 10.5. The molecule has 9 heteroatoms. The quantitative estimate of drug-likeness (QED) is 0.562. The van der Waals surface area contributed by atoms with Crippen LogP contribution >= 0.6 is 0 Å². The molecule has 2 aromatic rings. The van der Waals surface area contributed by atoms with E-state index in [0.29, 0.717) is 25.2 Å². The van der Waals surface area contributed by atoms with Crippen molar-refractivity contribution in [3.05, 3.63) is 47.4 Å². The SMILES string of the molecule is CCOC(=O)[C@H](CN1CCN(CCCc2ccc3c(n2)NCCC3)C1=O)c1cncc(O)c1. The number of aromatic hydroxyl groups is 1.